The van der Waals surface area contributed by atoms with E-state index in [1.165, 1.54) is 7.11 Å². The molecule has 0 fully saturated rings. The van der Waals surface area contributed by atoms with E-state index in [1.54, 1.807) is 29.2 Å². The normalized spacial score (nSPS) is 12.6. The monoisotopic (exact) mass is 392 g/mol. The Labute approximate surface area is 167 Å². The van der Waals surface area contributed by atoms with Crippen LogP contribution in [0.15, 0.2) is 66.7 Å². The standard InChI is InChI=1S/C22H17ClN2O3/c1-28-22(27)19-12-15(23)7-10-20(19)24-16-8-9-18-14(11-16)13-25(21(18)26)17-5-3-2-4-6-17/h2-12,24H,13H2,1H3. The molecule has 0 aliphatic carbocycles. The van der Waals surface area contributed by atoms with Gasteiger partial charge in [-0.15, -0.1) is 0 Å². The number of benzene rings is 3. The first kappa shape index (κ1) is 18.1. The summed E-state index contributed by atoms with van der Waals surface area (Å²) in [5.74, 6) is -0.494. The van der Waals surface area contributed by atoms with Crippen LogP contribution in [0.2, 0.25) is 5.02 Å². The first-order chi connectivity index (χ1) is 13.6. The summed E-state index contributed by atoms with van der Waals surface area (Å²) in [4.78, 5) is 26.5. The van der Waals surface area contributed by atoms with Gasteiger partial charge in [0.15, 0.2) is 0 Å². The van der Waals surface area contributed by atoms with E-state index >= 15 is 0 Å². The zero-order chi connectivity index (χ0) is 19.7. The molecule has 1 heterocycles. The maximum Gasteiger partial charge on any atom is 0.340 e. The van der Waals surface area contributed by atoms with E-state index in [9.17, 15) is 9.59 Å². The van der Waals surface area contributed by atoms with Gasteiger partial charge in [-0.1, -0.05) is 29.8 Å². The largest absolute Gasteiger partial charge is 0.465 e. The van der Waals surface area contributed by atoms with Crippen LogP contribution in [-0.4, -0.2) is 19.0 Å². The van der Waals surface area contributed by atoms with Crippen LogP contribution < -0.4 is 10.2 Å². The minimum atomic E-state index is -0.475. The molecule has 0 spiro atoms. The Morgan fingerprint density at radius 1 is 1.07 bits per heavy atom. The second kappa shape index (κ2) is 7.37. The van der Waals surface area contributed by atoms with Gasteiger partial charge in [0.05, 0.1) is 24.9 Å². The van der Waals surface area contributed by atoms with E-state index < -0.39 is 5.97 Å². The van der Waals surface area contributed by atoms with E-state index in [4.69, 9.17) is 16.3 Å². The van der Waals surface area contributed by atoms with Crippen molar-refractivity contribution >= 4 is 40.5 Å². The zero-order valence-corrected chi connectivity index (χ0v) is 15.9. The van der Waals surface area contributed by atoms with Crippen LogP contribution in [0.4, 0.5) is 17.1 Å². The fourth-order valence-corrected chi connectivity index (χ4v) is 3.45. The lowest BCUT2D eigenvalue weighted by molar-refractivity contribution is 0.0601. The molecule has 5 nitrogen and oxygen atoms in total. The third kappa shape index (κ3) is 3.32. The van der Waals surface area contributed by atoms with E-state index in [-0.39, 0.29) is 5.91 Å². The number of nitrogens with one attached hydrogen (secondary N) is 1. The van der Waals surface area contributed by atoms with Crippen LogP contribution >= 0.6 is 11.6 Å². The van der Waals surface area contributed by atoms with Crippen molar-refractivity contribution in [3.8, 4) is 0 Å². The lowest BCUT2D eigenvalue weighted by Gasteiger charge is -2.15. The summed E-state index contributed by atoms with van der Waals surface area (Å²) in [6.07, 6.45) is 0. The molecule has 140 valence electrons. The first-order valence-electron chi connectivity index (χ1n) is 8.71. The van der Waals surface area contributed by atoms with E-state index in [0.717, 1.165) is 16.9 Å². The fourth-order valence-electron chi connectivity index (χ4n) is 3.27. The molecule has 6 heteroatoms. The van der Waals surface area contributed by atoms with E-state index in [0.29, 0.717) is 28.4 Å². The Balaban J connectivity index is 1.63. The molecule has 0 aromatic heterocycles. The number of ether oxygens (including phenoxy) is 1. The van der Waals surface area contributed by atoms with Gasteiger partial charge < -0.3 is 15.0 Å². The third-order valence-electron chi connectivity index (χ3n) is 4.64. The maximum atomic E-state index is 12.7. The number of amides is 1. The smallest absolute Gasteiger partial charge is 0.340 e. The number of esters is 1. The molecule has 0 saturated carbocycles. The number of fused-ring (bicyclic) bond motifs is 1. The Morgan fingerprint density at radius 3 is 2.61 bits per heavy atom. The number of anilines is 3. The van der Waals surface area contributed by atoms with Gasteiger partial charge in [0.1, 0.15) is 0 Å². The Kier molecular flexibility index (Phi) is 4.75. The second-order valence-electron chi connectivity index (χ2n) is 6.41. The number of nitrogens with zero attached hydrogens (tertiary/aromatic N) is 1. The predicted molar refractivity (Wildman–Crippen MR) is 109 cm³/mol. The molecular weight excluding hydrogens is 376 g/mol. The van der Waals surface area contributed by atoms with Crippen molar-refractivity contribution in [3.63, 3.8) is 0 Å². The lowest BCUT2D eigenvalue weighted by Crippen LogP contribution is -2.22. The molecule has 0 radical (unpaired) electrons. The van der Waals surface area contributed by atoms with Gasteiger partial charge in [-0.25, -0.2) is 4.79 Å². The number of carbonyl (C=O) groups is 2. The van der Waals surface area contributed by atoms with Gasteiger partial charge in [-0.05, 0) is 54.1 Å². The summed E-state index contributed by atoms with van der Waals surface area (Å²) in [5, 5.41) is 3.67. The summed E-state index contributed by atoms with van der Waals surface area (Å²) in [6, 6.07) is 20.1. The Bertz CT molecular complexity index is 1070. The molecule has 0 saturated heterocycles. The number of carbonyl (C=O) groups excluding carboxylic acids is 2. The van der Waals surface area contributed by atoms with Gasteiger partial charge in [0, 0.05) is 22.0 Å². The van der Waals surface area contributed by atoms with Crippen LogP contribution in [-0.2, 0) is 11.3 Å². The van der Waals surface area contributed by atoms with E-state index in [1.807, 2.05) is 42.5 Å². The Morgan fingerprint density at radius 2 is 1.86 bits per heavy atom. The molecule has 1 aliphatic heterocycles. The average molecular weight is 393 g/mol. The molecule has 3 aromatic rings. The van der Waals surface area contributed by atoms with Crippen molar-refractivity contribution in [1.29, 1.82) is 0 Å². The Hall–Kier alpha value is -3.31. The minimum Gasteiger partial charge on any atom is -0.465 e. The summed E-state index contributed by atoms with van der Waals surface area (Å²) in [7, 11) is 1.33. The molecule has 1 N–H and O–H groups in total. The summed E-state index contributed by atoms with van der Waals surface area (Å²) in [5.41, 5.74) is 4.17. The van der Waals surface area contributed by atoms with Crippen molar-refractivity contribution in [2.75, 3.05) is 17.3 Å². The zero-order valence-electron chi connectivity index (χ0n) is 15.1. The van der Waals surface area contributed by atoms with Gasteiger partial charge in [0.25, 0.3) is 5.91 Å². The number of halogens is 1. The summed E-state index contributed by atoms with van der Waals surface area (Å²) < 4.78 is 4.83. The molecule has 4 rings (SSSR count). The number of rotatable bonds is 4. The van der Waals surface area contributed by atoms with Gasteiger partial charge in [0.2, 0.25) is 0 Å². The van der Waals surface area contributed by atoms with Crippen molar-refractivity contribution in [2.24, 2.45) is 0 Å². The molecule has 0 atom stereocenters. The van der Waals surface area contributed by atoms with Crippen LogP contribution in [0.25, 0.3) is 0 Å². The van der Waals surface area contributed by atoms with Gasteiger partial charge in [-0.2, -0.15) is 0 Å². The molecule has 28 heavy (non-hydrogen) atoms. The first-order valence-corrected chi connectivity index (χ1v) is 9.09. The molecular formula is C22H17ClN2O3. The number of hydrogen-bond donors (Lipinski definition) is 1. The lowest BCUT2D eigenvalue weighted by atomic mass is 10.1. The van der Waals surface area contributed by atoms with Crippen molar-refractivity contribution < 1.29 is 14.3 Å². The molecule has 1 aliphatic rings. The topological polar surface area (TPSA) is 58.6 Å². The van der Waals surface area contributed by atoms with Crippen LogP contribution in [0.5, 0.6) is 0 Å². The maximum absolute atomic E-state index is 12.7. The highest BCUT2D eigenvalue weighted by Gasteiger charge is 2.28. The van der Waals surface area contributed by atoms with Crippen LogP contribution in [0.3, 0.4) is 0 Å². The highest BCUT2D eigenvalue weighted by atomic mass is 35.5. The molecule has 1 amide bonds. The SMILES string of the molecule is COC(=O)c1cc(Cl)ccc1Nc1ccc2c(c1)CN(c1ccccc1)C2=O. The number of methoxy groups -OCH3 is 1. The highest BCUT2D eigenvalue weighted by molar-refractivity contribution is 6.31. The summed E-state index contributed by atoms with van der Waals surface area (Å²) >= 11 is 6.01. The second-order valence-corrected chi connectivity index (χ2v) is 6.84. The van der Waals surface area contributed by atoms with Gasteiger partial charge in [-0.3, -0.25) is 4.79 Å². The predicted octanol–water partition coefficient (Wildman–Crippen LogP) is 5.03. The number of hydrogen-bond acceptors (Lipinski definition) is 4. The van der Waals surface area contributed by atoms with Gasteiger partial charge >= 0.3 is 5.97 Å². The molecule has 0 unspecified atom stereocenters. The quantitative estimate of drug-likeness (QED) is 0.632. The van der Waals surface area contributed by atoms with Crippen molar-refractivity contribution in [3.05, 3.63) is 88.4 Å². The van der Waals surface area contributed by atoms with Crippen molar-refractivity contribution in [1.82, 2.24) is 0 Å². The average Bonchev–Trinajstić information content (AvgIpc) is 3.05. The molecule has 3 aromatic carbocycles. The van der Waals surface area contributed by atoms with Crippen LogP contribution in [0.1, 0.15) is 26.3 Å². The van der Waals surface area contributed by atoms with Crippen molar-refractivity contribution in [2.45, 2.75) is 6.54 Å². The number of para-hydroxylation sites is 1. The third-order valence-corrected chi connectivity index (χ3v) is 4.88. The molecule has 0 bridgehead atoms. The van der Waals surface area contributed by atoms with E-state index in [2.05, 4.69) is 5.32 Å². The highest BCUT2D eigenvalue weighted by Crippen LogP contribution is 2.32. The minimum absolute atomic E-state index is 0.0190. The fraction of sp³-hybridized carbons (Fsp3) is 0.0909. The van der Waals surface area contributed by atoms with Crippen LogP contribution in [0, 0.1) is 0 Å². The summed E-state index contributed by atoms with van der Waals surface area (Å²) in [6.45, 7) is 0.498.